The van der Waals surface area contributed by atoms with Crippen molar-refractivity contribution in [3.63, 3.8) is 0 Å². The summed E-state index contributed by atoms with van der Waals surface area (Å²) in [6.45, 7) is 1.03. The zero-order chi connectivity index (χ0) is 16.4. The van der Waals surface area contributed by atoms with Crippen LogP contribution in [0.3, 0.4) is 0 Å². The van der Waals surface area contributed by atoms with E-state index in [1.165, 1.54) is 19.4 Å². The van der Waals surface area contributed by atoms with E-state index < -0.39 is 21.9 Å². The van der Waals surface area contributed by atoms with Crippen molar-refractivity contribution in [3.8, 4) is 5.75 Å². The van der Waals surface area contributed by atoms with Crippen LogP contribution in [-0.2, 0) is 10.0 Å². The summed E-state index contributed by atoms with van der Waals surface area (Å²) in [4.78, 5) is -0.0556. The lowest BCUT2D eigenvalue weighted by molar-refractivity contribution is 0.384. The number of methoxy groups -OCH3 is 1. The second-order valence-corrected chi connectivity index (χ2v) is 6.85. The SMILES string of the molecule is COc1cc(S(=O)(=O)N[C@@H]2CNC[C@@H]2n2ccnn2)ccc1F. The Hall–Kier alpha value is -2.04. The number of nitrogens with zero attached hydrogens (tertiary/aromatic N) is 3. The van der Waals surface area contributed by atoms with E-state index >= 15 is 0 Å². The molecule has 1 fully saturated rings. The number of rotatable bonds is 5. The van der Waals surface area contributed by atoms with Crippen LogP contribution in [0.1, 0.15) is 6.04 Å². The van der Waals surface area contributed by atoms with E-state index in [0.29, 0.717) is 13.1 Å². The number of benzene rings is 1. The van der Waals surface area contributed by atoms with Crippen LogP contribution in [0.5, 0.6) is 5.75 Å². The van der Waals surface area contributed by atoms with Gasteiger partial charge in [-0.25, -0.2) is 22.2 Å². The molecule has 1 aromatic heterocycles. The van der Waals surface area contributed by atoms with E-state index in [9.17, 15) is 12.8 Å². The maximum atomic E-state index is 13.4. The summed E-state index contributed by atoms with van der Waals surface area (Å²) in [7, 11) is -2.53. The molecule has 2 heterocycles. The first kappa shape index (κ1) is 15.8. The first-order chi connectivity index (χ1) is 11.0. The number of hydrogen-bond donors (Lipinski definition) is 2. The van der Waals surface area contributed by atoms with Crippen molar-refractivity contribution in [3.05, 3.63) is 36.4 Å². The van der Waals surface area contributed by atoms with Crippen LogP contribution in [0, 0.1) is 5.82 Å². The smallest absolute Gasteiger partial charge is 0.241 e. The van der Waals surface area contributed by atoms with Gasteiger partial charge in [-0.15, -0.1) is 5.10 Å². The summed E-state index contributed by atoms with van der Waals surface area (Å²) < 4.78 is 47.5. The summed E-state index contributed by atoms with van der Waals surface area (Å²) >= 11 is 0. The molecular formula is C13H16FN5O3S. The second-order valence-electron chi connectivity index (χ2n) is 5.13. The highest BCUT2D eigenvalue weighted by Gasteiger charge is 2.33. The molecule has 2 N–H and O–H groups in total. The van der Waals surface area contributed by atoms with Gasteiger partial charge in [0.15, 0.2) is 11.6 Å². The zero-order valence-corrected chi connectivity index (χ0v) is 13.1. The van der Waals surface area contributed by atoms with Crippen LogP contribution in [0.15, 0.2) is 35.5 Å². The van der Waals surface area contributed by atoms with E-state index in [4.69, 9.17) is 4.74 Å². The highest BCUT2D eigenvalue weighted by Crippen LogP contribution is 2.23. The first-order valence-corrected chi connectivity index (χ1v) is 8.42. The number of ether oxygens (including phenoxy) is 1. The minimum Gasteiger partial charge on any atom is -0.494 e. The van der Waals surface area contributed by atoms with Gasteiger partial charge >= 0.3 is 0 Å². The molecule has 2 aromatic rings. The first-order valence-electron chi connectivity index (χ1n) is 6.93. The van der Waals surface area contributed by atoms with Gasteiger partial charge in [-0.1, -0.05) is 5.21 Å². The summed E-state index contributed by atoms with van der Waals surface area (Å²) in [5.74, 6) is -0.736. The Morgan fingerprint density at radius 1 is 1.43 bits per heavy atom. The van der Waals surface area contributed by atoms with Crippen molar-refractivity contribution in [2.75, 3.05) is 20.2 Å². The molecule has 2 atom stereocenters. The average molecular weight is 341 g/mol. The number of hydrogen-bond acceptors (Lipinski definition) is 6. The van der Waals surface area contributed by atoms with Gasteiger partial charge in [0.1, 0.15) is 0 Å². The minimum absolute atomic E-state index is 0.0556. The summed E-state index contributed by atoms with van der Waals surface area (Å²) in [6.07, 6.45) is 3.22. The number of nitrogens with one attached hydrogen (secondary N) is 2. The maximum absolute atomic E-state index is 13.4. The summed E-state index contributed by atoms with van der Waals surface area (Å²) in [5.41, 5.74) is 0. The fourth-order valence-corrected chi connectivity index (χ4v) is 3.82. The number of sulfonamides is 1. The lowest BCUT2D eigenvalue weighted by Crippen LogP contribution is -2.41. The molecule has 1 aliphatic rings. The molecule has 3 rings (SSSR count). The Labute approximate surface area is 132 Å². The molecule has 1 aromatic carbocycles. The van der Waals surface area contributed by atoms with Crippen LogP contribution >= 0.6 is 0 Å². The fraction of sp³-hybridized carbons (Fsp3) is 0.385. The predicted octanol–water partition coefficient (Wildman–Crippen LogP) is -0.0828. The monoisotopic (exact) mass is 341 g/mol. The molecule has 0 spiro atoms. The molecular weight excluding hydrogens is 325 g/mol. The van der Waals surface area contributed by atoms with Crippen molar-refractivity contribution in [1.29, 1.82) is 0 Å². The highest BCUT2D eigenvalue weighted by atomic mass is 32.2. The molecule has 0 bridgehead atoms. The van der Waals surface area contributed by atoms with Crippen molar-refractivity contribution < 1.29 is 17.5 Å². The standard InChI is InChI=1S/C13H16FN5O3S/c1-22-13-6-9(2-3-10(13)14)23(20,21)17-11-7-15-8-12(11)19-5-4-16-18-19/h2-6,11-12,15,17H,7-8H2,1H3/t11-,12+/m1/s1. The largest absolute Gasteiger partial charge is 0.494 e. The van der Waals surface area contributed by atoms with Crippen molar-refractivity contribution in [2.45, 2.75) is 17.0 Å². The topological polar surface area (TPSA) is 98.1 Å². The van der Waals surface area contributed by atoms with Crippen LogP contribution in [0.25, 0.3) is 0 Å². The van der Waals surface area contributed by atoms with E-state index in [0.717, 1.165) is 12.1 Å². The molecule has 1 saturated heterocycles. The van der Waals surface area contributed by atoms with E-state index in [1.807, 2.05) is 0 Å². The van der Waals surface area contributed by atoms with Crippen LogP contribution in [0.2, 0.25) is 0 Å². The van der Waals surface area contributed by atoms with Gasteiger partial charge in [0, 0.05) is 25.4 Å². The lowest BCUT2D eigenvalue weighted by atomic mass is 10.2. The van der Waals surface area contributed by atoms with Gasteiger partial charge in [0.2, 0.25) is 10.0 Å². The molecule has 0 aliphatic carbocycles. The van der Waals surface area contributed by atoms with Crippen LogP contribution < -0.4 is 14.8 Å². The third kappa shape index (κ3) is 3.19. The Morgan fingerprint density at radius 2 is 2.26 bits per heavy atom. The molecule has 1 aliphatic heterocycles. The van der Waals surface area contributed by atoms with Crippen LogP contribution in [0.4, 0.5) is 4.39 Å². The minimum atomic E-state index is -3.82. The normalized spacial score (nSPS) is 21.5. The summed E-state index contributed by atoms with van der Waals surface area (Å²) in [6, 6.07) is 2.85. The molecule has 0 radical (unpaired) electrons. The molecule has 0 saturated carbocycles. The molecule has 23 heavy (non-hydrogen) atoms. The van der Waals surface area contributed by atoms with Crippen molar-refractivity contribution in [2.24, 2.45) is 0 Å². The maximum Gasteiger partial charge on any atom is 0.241 e. The van der Waals surface area contributed by atoms with E-state index in [-0.39, 0.29) is 16.7 Å². The van der Waals surface area contributed by atoms with Crippen LogP contribution in [-0.4, -0.2) is 49.7 Å². The van der Waals surface area contributed by atoms with Gasteiger partial charge < -0.3 is 10.1 Å². The van der Waals surface area contributed by atoms with Gasteiger partial charge in [-0.3, -0.25) is 0 Å². The molecule has 8 nitrogen and oxygen atoms in total. The zero-order valence-electron chi connectivity index (χ0n) is 12.3. The van der Waals surface area contributed by atoms with E-state index in [1.54, 1.807) is 10.9 Å². The van der Waals surface area contributed by atoms with Gasteiger partial charge in [0.25, 0.3) is 0 Å². The van der Waals surface area contributed by atoms with Crippen molar-refractivity contribution in [1.82, 2.24) is 25.0 Å². The molecule has 0 amide bonds. The quantitative estimate of drug-likeness (QED) is 0.789. The van der Waals surface area contributed by atoms with Gasteiger partial charge in [0.05, 0.1) is 30.3 Å². The average Bonchev–Trinajstić information content (AvgIpc) is 3.18. The number of halogens is 1. The third-order valence-corrected chi connectivity index (χ3v) is 5.19. The Bertz CT molecular complexity index is 781. The van der Waals surface area contributed by atoms with Gasteiger partial charge in [-0.2, -0.15) is 0 Å². The highest BCUT2D eigenvalue weighted by molar-refractivity contribution is 7.89. The molecule has 124 valence electrons. The van der Waals surface area contributed by atoms with Gasteiger partial charge in [-0.05, 0) is 12.1 Å². The lowest BCUT2D eigenvalue weighted by Gasteiger charge is -2.20. The second kappa shape index (κ2) is 6.22. The Morgan fingerprint density at radius 3 is 2.96 bits per heavy atom. The predicted molar refractivity (Wildman–Crippen MR) is 79.0 cm³/mol. The number of aromatic nitrogens is 3. The van der Waals surface area contributed by atoms with E-state index in [2.05, 4.69) is 20.4 Å². The fourth-order valence-electron chi connectivity index (χ4n) is 2.53. The third-order valence-electron chi connectivity index (χ3n) is 3.70. The Balaban J connectivity index is 1.83. The summed E-state index contributed by atoms with van der Waals surface area (Å²) in [5, 5.41) is 10.8. The molecule has 10 heteroatoms. The Kier molecular flexibility index (Phi) is 4.28. The van der Waals surface area contributed by atoms with Crippen molar-refractivity contribution >= 4 is 10.0 Å². The molecule has 0 unspecified atom stereocenters.